The highest BCUT2D eigenvalue weighted by Crippen LogP contribution is 2.43. The standard InChI is InChI=1S/C53H62ClFN10O6.4C2HF3O2/c1-61(19-6-7-22-63-25-23-62(24-26-63)21-5-4-18-56-42-13-8-12-38-46(42)52(70)65(51(38)69)43-16-17-44(67)58-50(43)68)20-9-27-71-53-59-48-40(49(60-53)64-31-34-14-15-35(32-64)57-34)30-41(54)45(47(48)55)39-29-36(66)28-33-10-2-3-11-37(33)39;4*3-2(4,5)1(6)7/h2-3,8,10-13,28-30,34-35,43,56-57,66H,4-7,9,14-27,31-32H2,1H3,(H,58,67,68);4*(H,6,7)/t34-,35+,43?;;;;. The average molecular weight is 1450 g/mol. The number of phenols is 1. The van der Waals surface area contributed by atoms with E-state index in [0.29, 0.717) is 47.7 Å². The van der Waals surface area contributed by atoms with E-state index in [9.17, 15) is 77.0 Å². The largest absolute Gasteiger partial charge is 0.508 e. The third-order valence-corrected chi connectivity index (χ3v) is 16.1. The first kappa shape index (κ1) is 79.0. The zero-order chi connectivity index (χ0) is 73.5. The molecule has 0 saturated carbocycles. The van der Waals surface area contributed by atoms with Crippen LogP contribution in [-0.4, -0.2) is 231 Å². The summed E-state index contributed by atoms with van der Waals surface area (Å²) in [5.74, 6) is -13.0. The number of hydrogen-bond donors (Lipinski definition) is 8. The Morgan fingerprint density at radius 1 is 0.657 bits per heavy atom. The van der Waals surface area contributed by atoms with Gasteiger partial charge < -0.3 is 60.5 Å². The van der Waals surface area contributed by atoms with Crippen LogP contribution in [0.2, 0.25) is 5.02 Å². The number of aromatic hydroxyl groups is 1. The molecule has 0 aliphatic carbocycles. The number of aliphatic carboxylic acids is 4. The Balaban J connectivity index is 0.000000463. The van der Waals surface area contributed by atoms with Gasteiger partial charge in [-0.1, -0.05) is 41.9 Å². The molecule has 0 radical (unpaired) electrons. The van der Waals surface area contributed by atoms with Gasteiger partial charge in [-0.3, -0.25) is 29.4 Å². The molecule has 4 amide bonds. The monoisotopic (exact) mass is 1440 g/mol. The summed E-state index contributed by atoms with van der Waals surface area (Å²) in [6.07, 6.45) is -13.1. The van der Waals surface area contributed by atoms with Gasteiger partial charge in [0.2, 0.25) is 11.8 Å². The number of aromatic nitrogens is 2. The van der Waals surface area contributed by atoms with Crippen LogP contribution in [-0.2, 0) is 28.8 Å². The highest BCUT2D eigenvalue weighted by molar-refractivity contribution is 6.35. The minimum Gasteiger partial charge on any atom is -0.508 e. The quantitative estimate of drug-likeness (QED) is 0.0217. The zero-order valence-corrected chi connectivity index (χ0v) is 52.9. The highest BCUT2D eigenvalue weighted by Gasteiger charge is 2.46. The zero-order valence-electron chi connectivity index (χ0n) is 52.2. The fraction of sp³-hybridized carbons (Fsp3) is 0.475. The Bertz CT molecular complexity index is 3640. The molecule has 0 spiro atoms. The number of carboxylic acid groups (broad SMARTS) is 4. The van der Waals surface area contributed by atoms with Gasteiger partial charge in [0.05, 0.1) is 22.8 Å². The molecule has 5 aliphatic heterocycles. The molecule has 8 N–H and O–H groups in total. The van der Waals surface area contributed by atoms with E-state index in [0.717, 1.165) is 126 Å². The second kappa shape index (κ2) is 34.2. The fourth-order valence-corrected chi connectivity index (χ4v) is 11.4. The molecule has 2 bridgehead atoms. The molecule has 5 aliphatic rings. The van der Waals surface area contributed by atoms with Crippen molar-refractivity contribution in [2.24, 2.45) is 0 Å². The first-order valence-corrected chi connectivity index (χ1v) is 30.6. The number of ether oxygens (including phenoxy) is 1. The van der Waals surface area contributed by atoms with Gasteiger partial charge in [0.1, 0.15) is 23.1 Å². The van der Waals surface area contributed by atoms with Gasteiger partial charge in [-0.05, 0) is 125 Å². The number of imide groups is 2. The van der Waals surface area contributed by atoms with Crippen LogP contribution in [0.5, 0.6) is 11.8 Å². The van der Waals surface area contributed by atoms with E-state index >= 15 is 4.39 Å². The number of alkyl halides is 12. The van der Waals surface area contributed by atoms with Crippen LogP contribution < -0.4 is 25.6 Å². The van der Waals surface area contributed by atoms with Gasteiger partial charge in [-0.2, -0.15) is 62.7 Å². The number of halogens is 14. The molecule has 1 aromatic heterocycles. The Morgan fingerprint density at radius 2 is 1.19 bits per heavy atom. The number of benzene rings is 4. The Hall–Kier alpha value is -8.94. The van der Waals surface area contributed by atoms with Gasteiger partial charge >= 0.3 is 54.6 Å². The molecule has 5 aromatic rings. The number of phenolic OH excluding ortho intramolecular Hbond substituents is 1. The number of anilines is 2. The van der Waals surface area contributed by atoms with Crippen molar-refractivity contribution in [1.29, 1.82) is 0 Å². The van der Waals surface area contributed by atoms with Crippen molar-refractivity contribution in [1.82, 2.24) is 40.2 Å². The molecular weight excluding hydrogens is 1380 g/mol. The molecule has 10 rings (SSSR count). The lowest BCUT2D eigenvalue weighted by Crippen LogP contribution is -2.54. The summed E-state index contributed by atoms with van der Waals surface area (Å²) in [7, 11) is 2.13. The molecule has 4 saturated heterocycles. The molecular formula is C61H66ClF13N10O14. The van der Waals surface area contributed by atoms with Gasteiger partial charge in [0.25, 0.3) is 11.8 Å². The van der Waals surface area contributed by atoms with Crippen molar-refractivity contribution in [3.05, 3.63) is 82.6 Å². The summed E-state index contributed by atoms with van der Waals surface area (Å²) in [4.78, 5) is 106. The number of piperazine rings is 2. The SMILES string of the molecule is CN(CCCCN1CCN(CCCCNc2cccc3c2C(=O)N(C2CCC(=O)NC2=O)C3=O)CC1)CCCOc1nc(N2C[C@H]3CC[C@@H](C2)N3)c2cc(Cl)c(-c3cc(O)cc4ccccc34)c(F)c2n1.O=C(O)C(F)(F)F.O=C(O)C(F)(F)F.O=C(O)C(F)(F)F.O=C(O)C(F)(F)F. The summed E-state index contributed by atoms with van der Waals surface area (Å²) in [5.41, 5.74) is 1.97. The second-order valence-electron chi connectivity index (χ2n) is 22.9. The molecule has 542 valence electrons. The molecule has 24 nitrogen and oxygen atoms in total. The number of carbonyl (C=O) groups is 8. The summed E-state index contributed by atoms with van der Waals surface area (Å²) in [5, 5.41) is 50.7. The number of carboxylic acids is 4. The van der Waals surface area contributed by atoms with Crippen LogP contribution in [0.3, 0.4) is 0 Å². The third kappa shape index (κ3) is 22.3. The maximum atomic E-state index is 17.0. The summed E-state index contributed by atoms with van der Waals surface area (Å²) < 4.78 is 150. The maximum absolute atomic E-state index is 17.0. The lowest BCUT2D eigenvalue weighted by Gasteiger charge is -2.34. The van der Waals surface area contributed by atoms with E-state index in [-0.39, 0.29) is 51.8 Å². The topological polar surface area (TPSA) is 325 Å². The van der Waals surface area contributed by atoms with Crippen LogP contribution in [0.1, 0.15) is 78.5 Å². The van der Waals surface area contributed by atoms with Gasteiger partial charge in [0.15, 0.2) is 5.82 Å². The number of hydrogen-bond acceptors (Lipinski definition) is 18. The van der Waals surface area contributed by atoms with Gasteiger partial charge in [0, 0.05) is 87.5 Å². The number of unbranched alkanes of at least 4 members (excludes halogenated alkanes) is 2. The van der Waals surface area contributed by atoms with Crippen molar-refractivity contribution in [2.75, 3.05) is 95.9 Å². The van der Waals surface area contributed by atoms with Crippen LogP contribution in [0.15, 0.2) is 60.7 Å². The predicted octanol–water partition coefficient (Wildman–Crippen LogP) is 8.81. The fourth-order valence-electron chi connectivity index (χ4n) is 11.1. The van der Waals surface area contributed by atoms with E-state index in [1.165, 1.54) is 0 Å². The molecule has 4 aromatic carbocycles. The maximum Gasteiger partial charge on any atom is 0.490 e. The van der Waals surface area contributed by atoms with Crippen molar-refractivity contribution in [3.63, 3.8) is 0 Å². The Morgan fingerprint density at radius 3 is 1.74 bits per heavy atom. The van der Waals surface area contributed by atoms with Gasteiger partial charge in [-0.25, -0.2) is 23.6 Å². The number of carbonyl (C=O) groups excluding carboxylic acids is 4. The smallest absolute Gasteiger partial charge is 0.490 e. The van der Waals surface area contributed by atoms with E-state index in [1.807, 2.05) is 24.3 Å². The normalized spacial score (nSPS) is 18.0. The number of amides is 4. The predicted molar refractivity (Wildman–Crippen MR) is 327 cm³/mol. The van der Waals surface area contributed by atoms with Crippen molar-refractivity contribution >= 4 is 92.3 Å². The minimum atomic E-state index is -5.08. The first-order chi connectivity index (χ1) is 46.3. The third-order valence-electron chi connectivity index (χ3n) is 15.8. The molecule has 1 unspecified atom stereocenters. The van der Waals surface area contributed by atoms with E-state index in [2.05, 4.69) is 47.6 Å². The molecule has 3 atom stereocenters. The Labute approximate surface area is 558 Å². The number of piperidine rings is 1. The van der Waals surface area contributed by atoms with E-state index < -0.39 is 84.1 Å². The lowest BCUT2D eigenvalue weighted by atomic mass is 9.96. The van der Waals surface area contributed by atoms with Crippen LogP contribution in [0, 0.1) is 5.82 Å². The summed E-state index contributed by atoms with van der Waals surface area (Å²) in [6, 6.07) is 17.5. The first-order valence-electron chi connectivity index (χ1n) is 30.2. The minimum absolute atomic E-state index is 0.0227. The Kier molecular flexibility index (Phi) is 27.3. The van der Waals surface area contributed by atoms with Crippen LogP contribution in [0.4, 0.5) is 68.6 Å². The average Bonchev–Trinajstić information content (AvgIpc) is 1.69. The summed E-state index contributed by atoms with van der Waals surface area (Å²) in [6.45, 7) is 10.5. The second-order valence-corrected chi connectivity index (χ2v) is 23.4. The molecule has 4 fully saturated rings. The van der Waals surface area contributed by atoms with Crippen LogP contribution in [0.25, 0.3) is 32.8 Å². The van der Waals surface area contributed by atoms with Crippen molar-refractivity contribution in [2.45, 2.75) is 101 Å². The van der Waals surface area contributed by atoms with E-state index in [1.54, 1.807) is 36.4 Å². The van der Waals surface area contributed by atoms with E-state index in [4.69, 9.17) is 60.9 Å². The lowest BCUT2D eigenvalue weighted by molar-refractivity contribution is -0.193. The van der Waals surface area contributed by atoms with Crippen molar-refractivity contribution in [3.8, 4) is 22.9 Å². The number of nitrogens with one attached hydrogen (secondary N) is 3. The summed E-state index contributed by atoms with van der Waals surface area (Å²) >= 11 is 6.94. The van der Waals surface area contributed by atoms with Crippen LogP contribution >= 0.6 is 11.6 Å². The van der Waals surface area contributed by atoms with Crippen molar-refractivity contribution < 1.29 is 126 Å². The molecule has 99 heavy (non-hydrogen) atoms. The van der Waals surface area contributed by atoms with Gasteiger partial charge in [-0.15, -0.1) is 0 Å². The number of rotatable bonds is 19. The highest BCUT2D eigenvalue weighted by atomic mass is 35.5. The number of nitrogens with zero attached hydrogens (tertiary/aromatic N) is 7. The molecule has 38 heteroatoms. The molecule has 6 heterocycles. The number of fused-ring (bicyclic) bond motifs is 5.